The molecule has 5 aromatic rings. The average Bonchev–Trinajstić information content (AvgIpc) is 3.24. The summed E-state index contributed by atoms with van der Waals surface area (Å²) in [6.45, 7) is 0.121. The first-order valence-corrected chi connectivity index (χ1v) is 10.4. The summed E-state index contributed by atoms with van der Waals surface area (Å²) in [5.41, 5.74) is 2.22. The van der Waals surface area contributed by atoms with E-state index < -0.39 is 5.91 Å². The number of nitrogens with zero attached hydrogens (tertiary/aromatic N) is 5. The second kappa shape index (κ2) is 8.76. The summed E-state index contributed by atoms with van der Waals surface area (Å²) in [5, 5.41) is 11.5. The van der Waals surface area contributed by atoms with Crippen LogP contribution in [0.4, 0.5) is 10.2 Å². The Bertz CT molecular complexity index is 1470. The smallest absolute Gasteiger partial charge is 0.256 e. The van der Waals surface area contributed by atoms with Crippen molar-refractivity contribution in [2.24, 2.45) is 0 Å². The number of carbonyl (C=O) groups excluding carboxylic acids is 1. The van der Waals surface area contributed by atoms with E-state index in [9.17, 15) is 9.18 Å². The van der Waals surface area contributed by atoms with Crippen molar-refractivity contribution in [1.82, 2.24) is 25.0 Å². The van der Waals surface area contributed by atoms with E-state index in [1.54, 1.807) is 42.5 Å². The third kappa shape index (κ3) is 4.28. The first-order valence-electron chi connectivity index (χ1n) is 10.1. The predicted molar refractivity (Wildman–Crippen MR) is 123 cm³/mol. The van der Waals surface area contributed by atoms with Crippen LogP contribution in [0.15, 0.2) is 78.9 Å². The molecule has 1 N–H and O–H groups in total. The Morgan fingerprint density at radius 1 is 0.970 bits per heavy atom. The van der Waals surface area contributed by atoms with E-state index in [0.717, 1.165) is 5.56 Å². The SMILES string of the molecule is O=C(Nc1nc(-c2ccccc2)nc2c1nnn2Cc1ccccc1F)c1cccc(Cl)c1. The van der Waals surface area contributed by atoms with Crippen molar-refractivity contribution in [2.75, 3.05) is 5.32 Å². The minimum Gasteiger partial charge on any atom is -0.304 e. The fraction of sp³-hybridized carbons (Fsp3) is 0.0417. The number of benzene rings is 3. The Balaban J connectivity index is 1.61. The van der Waals surface area contributed by atoms with Gasteiger partial charge in [-0.15, -0.1) is 5.10 Å². The molecule has 0 saturated carbocycles. The van der Waals surface area contributed by atoms with Crippen LogP contribution in [0.2, 0.25) is 5.02 Å². The van der Waals surface area contributed by atoms with Crippen molar-refractivity contribution in [2.45, 2.75) is 6.54 Å². The monoisotopic (exact) mass is 458 g/mol. The number of anilines is 1. The minimum atomic E-state index is -0.403. The van der Waals surface area contributed by atoms with Gasteiger partial charge in [-0.25, -0.2) is 19.0 Å². The van der Waals surface area contributed by atoms with Gasteiger partial charge in [-0.2, -0.15) is 0 Å². The van der Waals surface area contributed by atoms with Gasteiger partial charge in [0.25, 0.3) is 5.91 Å². The lowest BCUT2D eigenvalue weighted by Crippen LogP contribution is -2.14. The highest BCUT2D eigenvalue weighted by Gasteiger charge is 2.19. The van der Waals surface area contributed by atoms with Crippen LogP contribution in [-0.4, -0.2) is 30.9 Å². The van der Waals surface area contributed by atoms with Crippen LogP contribution < -0.4 is 5.32 Å². The molecule has 9 heteroatoms. The molecule has 0 bridgehead atoms. The van der Waals surface area contributed by atoms with Crippen LogP contribution in [0.5, 0.6) is 0 Å². The van der Waals surface area contributed by atoms with Crippen molar-refractivity contribution in [3.05, 3.63) is 101 Å². The molecule has 0 aliphatic heterocycles. The molecule has 0 aliphatic rings. The van der Waals surface area contributed by atoms with Crippen LogP contribution >= 0.6 is 11.6 Å². The molecule has 0 fully saturated rings. The molecular weight excluding hydrogens is 443 g/mol. The number of fused-ring (bicyclic) bond motifs is 1. The van der Waals surface area contributed by atoms with E-state index in [1.165, 1.54) is 10.7 Å². The molecule has 33 heavy (non-hydrogen) atoms. The van der Waals surface area contributed by atoms with Gasteiger partial charge < -0.3 is 5.32 Å². The maximum absolute atomic E-state index is 14.2. The summed E-state index contributed by atoms with van der Waals surface area (Å²) < 4.78 is 15.7. The number of carbonyl (C=O) groups is 1. The number of halogens is 2. The van der Waals surface area contributed by atoms with Crippen LogP contribution in [0, 0.1) is 5.82 Å². The summed E-state index contributed by atoms with van der Waals surface area (Å²) in [5.74, 6) is -0.182. The number of aromatic nitrogens is 5. The molecule has 0 aliphatic carbocycles. The lowest BCUT2D eigenvalue weighted by Gasteiger charge is -2.09. The standard InChI is InChI=1S/C24H16ClFN6O/c25-18-11-6-10-16(13-18)24(33)29-22-20-23(28-21(27-22)15-7-2-1-3-8-15)32(31-30-20)14-17-9-4-5-12-19(17)26/h1-13H,14H2,(H,27,28,29,33). The highest BCUT2D eigenvalue weighted by molar-refractivity contribution is 6.31. The van der Waals surface area contributed by atoms with Gasteiger partial charge in [0.05, 0.1) is 6.54 Å². The van der Waals surface area contributed by atoms with Crippen LogP contribution in [-0.2, 0) is 6.54 Å². The van der Waals surface area contributed by atoms with Crippen molar-refractivity contribution >= 4 is 34.5 Å². The number of nitrogens with one attached hydrogen (secondary N) is 1. The summed E-state index contributed by atoms with van der Waals surface area (Å²) in [6.07, 6.45) is 0. The topological polar surface area (TPSA) is 85.6 Å². The summed E-state index contributed by atoms with van der Waals surface area (Å²) in [4.78, 5) is 22.0. The normalized spacial score (nSPS) is 11.0. The number of hydrogen-bond acceptors (Lipinski definition) is 5. The molecule has 7 nitrogen and oxygen atoms in total. The fourth-order valence-corrected chi connectivity index (χ4v) is 3.55. The Morgan fingerprint density at radius 3 is 2.55 bits per heavy atom. The molecular formula is C24H16ClFN6O. The second-order valence-electron chi connectivity index (χ2n) is 7.24. The Labute approximate surface area is 192 Å². The summed E-state index contributed by atoms with van der Waals surface area (Å²) in [6, 6.07) is 22.3. The molecule has 5 rings (SSSR count). The van der Waals surface area contributed by atoms with E-state index in [4.69, 9.17) is 11.6 Å². The van der Waals surface area contributed by atoms with Gasteiger partial charge >= 0.3 is 0 Å². The van der Waals surface area contributed by atoms with Crippen molar-refractivity contribution < 1.29 is 9.18 Å². The van der Waals surface area contributed by atoms with E-state index >= 15 is 0 Å². The highest BCUT2D eigenvalue weighted by Crippen LogP contribution is 2.25. The first kappa shape index (κ1) is 20.7. The molecule has 0 unspecified atom stereocenters. The molecule has 1 amide bonds. The first-order chi connectivity index (χ1) is 16.1. The highest BCUT2D eigenvalue weighted by atomic mass is 35.5. The lowest BCUT2D eigenvalue weighted by atomic mass is 10.2. The van der Waals surface area contributed by atoms with E-state index in [1.807, 2.05) is 30.3 Å². The molecule has 0 atom stereocenters. The van der Waals surface area contributed by atoms with Gasteiger partial charge in [0.15, 0.2) is 22.8 Å². The van der Waals surface area contributed by atoms with Crippen LogP contribution in [0.3, 0.4) is 0 Å². The zero-order chi connectivity index (χ0) is 22.8. The molecule has 0 saturated heterocycles. The van der Waals surface area contributed by atoms with Gasteiger partial charge in [-0.3, -0.25) is 4.79 Å². The van der Waals surface area contributed by atoms with Gasteiger partial charge in [0, 0.05) is 21.7 Å². The molecule has 2 aromatic heterocycles. The predicted octanol–water partition coefficient (Wildman–Crippen LogP) is 4.98. The third-order valence-electron chi connectivity index (χ3n) is 4.99. The lowest BCUT2D eigenvalue weighted by molar-refractivity contribution is 0.102. The number of amides is 1. The van der Waals surface area contributed by atoms with Gasteiger partial charge in [-0.05, 0) is 24.3 Å². The van der Waals surface area contributed by atoms with Gasteiger partial charge in [0.1, 0.15) is 5.82 Å². The Morgan fingerprint density at radius 2 is 1.76 bits per heavy atom. The van der Waals surface area contributed by atoms with E-state index in [-0.39, 0.29) is 18.2 Å². The van der Waals surface area contributed by atoms with Gasteiger partial charge in [-0.1, -0.05) is 71.4 Å². The largest absolute Gasteiger partial charge is 0.304 e. The summed E-state index contributed by atoms with van der Waals surface area (Å²) >= 11 is 6.02. The Kier molecular flexibility index (Phi) is 5.50. The van der Waals surface area contributed by atoms with E-state index in [0.29, 0.717) is 33.1 Å². The zero-order valence-electron chi connectivity index (χ0n) is 17.1. The summed E-state index contributed by atoms with van der Waals surface area (Å²) in [7, 11) is 0. The van der Waals surface area contributed by atoms with Crippen molar-refractivity contribution in [3.63, 3.8) is 0 Å². The molecule has 0 spiro atoms. The van der Waals surface area contributed by atoms with Crippen LogP contribution in [0.1, 0.15) is 15.9 Å². The fourth-order valence-electron chi connectivity index (χ4n) is 3.36. The van der Waals surface area contributed by atoms with Crippen LogP contribution in [0.25, 0.3) is 22.6 Å². The molecule has 3 aromatic carbocycles. The zero-order valence-corrected chi connectivity index (χ0v) is 17.9. The molecule has 2 heterocycles. The maximum Gasteiger partial charge on any atom is 0.256 e. The van der Waals surface area contributed by atoms with E-state index in [2.05, 4.69) is 25.6 Å². The van der Waals surface area contributed by atoms with Crippen molar-refractivity contribution in [1.29, 1.82) is 0 Å². The van der Waals surface area contributed by atoms with Gasteiger partial charge in [0.2, 0.25) is 0 Å². The third-order valence-corrected chi connectivity index (χ3v) is 5.23. The average molecular weight is 459 g/mol. The second-order valence-corrected chi connectivity index (χ2v) is 7.67. The molecule has 0 radical (unpaired) electrons. The maximum atomic E-state index is 14.2. The number of rotatable bonds is 5. The quantitative estimate of drug-likeness (QED) is 0.401. The van der Waals surface area contributed by atoms with Crippen molar-refractivity contribution in [3.8, 4) is 11.4 Å². The Hall–Kier alpha value is -4.17. The molecule has 162 valence electrons. The number of hydrogen-bond donors (Lipinski definition) is 1. The minimum absolute atomic E-state index is 0.121.